The minimum absolute atomic E-state index is 0.0209. The highest BCUT2D eigenvalue weighted by Gasteiger charge is 2.53. The molecule has 1 amide bonds. The zero-order valence-corrected chi connectivity index (χ0v) is 26.6. The van der Waals surface area contributed by atoms with Gasteiger partial charge in [-0.05, 0) is 84.5 Å². The van der Waals surface area contributed by atoms with Crippen LogP contribution in [0.4, 0.5) is 5.00 Å². The Kier molecular flexibility index (Phi) is 7.34. The molecule has 43 heavy (non-hydrogen) atoms. The molecule has 1 N–H and O–H groups in total. The zero-order valence-electron chi connectivity index (χ0n) is 25.0. The van der Waals surface area contributed by atoms with Crippen LogP contribution in [0.1, 0.15) is 76.8 Å². The van der Waals surface area contributed by atoms with E-state index in [2.05, 4.69) is 26.1 Å². The van der Waals surface area contributed by atoms with Crippen LogP contribution in [0.2, 0.25) is 0 Å². The summed E-state index contributed by atoms with van der Waals surface area (Å²) in [5.41, 5.74) is 2.34. The number of nitrogens with one attached hydrogen (secondary N) is 1. The van der Waals surface area contributed by atoms with Gasteiger partial charge in [0, 0.05) is 29.4 Å². The molecule has 9 nitrogen and oxygen atoms in total. The largest absolute Gasteiger partial charge is 0.465 e. The summed E-state index contributed by atoms with van der Waals surface area (Å²) in [6.07, 6.45) is 3.22. The maximum absolute atomic E-state index is 13.7. The Hall–Kier alpha value is -3.41. The molecule has 2 aromatic carbocycles. The average molecular weight is 625 g/mol. The number of rotatable bonds is 7. The van der Waals surface area contributed by atoms with E-state index in [-0.39, 0.29) is 34.1 Å². The number of methoxy groups -OCH3 is 1. The number of hydrogen-bond acceptors (Lipinski definition) is 8. The van der Waals surface area contributed by atoms with Crippen LogP contribution in [0.25, 0.3) is 0 Å². The zero-order chi connectivity index (χ0) is 30.7. The number of anilines is 1. The number of carbonyl (C=O) groups excluding carboxylic acids is 2. The molecular formula is C32H36N2O7S2. The van der Waals surface area contributed by atoms with Crippen molar-refractivity contribution in [3.05, 3.63) is 69.6 Å². The van der Waals surface area contributed by atoms with Crippen molar-refractivity contribution < 1.29 is 32.2 Å². The highest BCUT2D eigenvalue weighted by molar-refractivity contribution is 7.89. The number of ether oxygens (including phenoxy) is 3. The summed E-state index contributed by atoms with van der Waals surface area (Å²) in [7, 11) is -2.41. The summed E-state index contributed by atoms with van der Waals surface area (Å²) in [6, 6.07) is 11.7. The van der Waals surface area contributed by atoms with Gasteiger partial charge in [0.2, 0.25) is 16.8 Å². The normalized spacial score (nSPS) is 22.4. The second-order valence-corrected chi connectivity index (χ2v) is 15.9. The highest BCUT2D eigenvalue weighted by Crippen LogP contribution is 2.53. The fourth-order valence-corrected chi connectivity index (χ4v) is 10.2. The van der Waals surface area contributed by atoms with Crippen LogP contribution < -0.4 is 14.8 Å². The van der Waals surface area contributed by atoms with Gasteiger partial charge >= 0.3 is 5.97 Å². The van der Waals surface area contributed by atoms with E-state index in [9.17, 15) is 18.0 Å². The van der Waals surface area contributed by atoms with E-state index in [4.69, 9.17) is 14.2 Å². The molecule has 6 rings (SSSR count). The van der Waals surface area contributed by atoms with Crippen molar-refractivity contribution in [3.63, 3.8) is 0 Å². The second-order valence-electron chi connectivity index (χ2n) is 13.0. The number of benzene rings is 2. The first kappa shape index (κ1) is 29.7. The molecule has 3 heterocycles. The van der Waals surface area contributed by atoms with Crippen LogP contribution in [0.3, 0.4) is 0 Å². The van der Waals surface area contributed by atoms with Gasteiger partial charge in [0.25, 0.3) is 5.91 Å². The third-order valence-corrected chi connectivity index (χ3v) is 11.9. The van der Waals surface area contributed by atoms with Crippen molar-refractivity contribution in [2.24, 2.45) is 10.8 Å². The van der Waals surface area contributed by atoms with Gasteiger partial charge in [-0.3, -0.25) is 4.79 Å². The van der Waals surface area contributed by atoms with Crippen molar-refractivity contribution >= 4 is 38.2 Å². The van der Waals surface area contributed by atoms with Gasteiger partial charge in [-0.15, -0.1) is 11.3 Å². The average Bonchev–Trinajstić information content (AvgIpc) is 3.61. The number of thiophene rings is 1. The fraction of sp³-hybridized carbons (Fsp3) is 0.438. The van der Waals surface area contributed by atoms with Crippen molar-refractivity contribution in [3.8, 4) is 11.5 Å². The number of hydrogen-bond donors (Lipinski definition) is 1. The Bertz CT molecular complexity index is 1710. The SMILES string of the molecule is COC(=O)c1c(NC(=O)c2ccc(S(=O)(=O)N3CC4(C)CC3CC(C)(C)C4)cc2)sc(Cc2ccc3c(c2)OCO3)c1C. The summed E-state index contributed by atoms with van der Waals surface area (Å²) >= 11 is 1.31. The van der Waals surface area contributed by atoms with E-state index in [1.54, 1.807) is 4.31 Å². The van der Waals surface area contributed by atoms with Crippen molar-refractivity contribution in [1.82, 2.24) is 4.31 Å². The van der Waals surface area contributed by atoms with Gasteiger partial charge < -0.3 is 19.5 Å². The van der Waals surface area contributed by atoms with Crippen molar-refractivity contribution in [1.29, 1.82) is 0 Å². The molecule has 228 valence electrons. The summed E-state index contributed by atoms with van der Waals surface area (Å²) in [5, 5.41) is 3.24. The monoisotopic (exact) mass is 624 g/mol. The van der Waals surface area contributed by atoms with Crippen LogP contribution in [-0.4, -0.2) is 51.1 Å². The topological polar surface area (TPSA) is 111 Å². The number of carbonyl (C=O) groups is 2. The maximum Gasteiger partial charge on any atom is 0.341 e. The lowest BCUT2D eigenvalue weighted by Crippen LogP contribution is -2.37. The number of sulfonamides is 1. The predicted molar refractivity (Wildman–Crippen MR) is 164 cm³/mol. The first-order valence-corrected chi connectivity index (χ1v) is 16.6. The predicted octanol–water partition coefficient (Wildman–Crippen LogP) is 6.00. The molecule has 3 aliphatic rings. The smallest absolute Gasteiger partial charge is 0.341 e. The summed E-state index contributed by atoms with van der Waals surface area (Å²) in [4.78, 5) is 27.1. The molecule has 2 fully saturated rings. The van der Waals surface area contributed by atoms with Crippen molar-refractivity contribution in [2.45, 2.75) is 64.3 Å². The third kappa shape index (κ3) is 5.54. The molecule has 0 radical (unpaired) electrons. The Labute approximate surface area is 256 Å². The van der Waals surface area contributed by atoms with E-state index in [1.807, 2.05) is 25.1 Å². The lowest BCUT2D eigenvalue weighted by Gasteiger charge is -2.39. The van der Waals surface area contributed by atoms with E-state index in [0.717, 1.165) is 35.3 Å². The molecule has 2 atom stereocenters. The Morgan fingerprint density at radius 2 is 1.79 bits per heavy atom. The molecule has 3 aromatic rings. The molecule has 1 aliphatic carbocycles. The van der Waals surface area contributed by atoms with Gasteiger partial charge in [-0.1, -0.05) is 26.8 Å². The number of fused-ring (bicyclic) bond motifs is 3. The lowest BCUT2D eigenvalue weighted by molar-refractivity contribution is 0.0601. The quantitative estimate of drug-likeness (QED) is 0.321. The molecule has 2 aliphatic heterocycles. The first-order chi connectivity index (χ1) is 20.3. The molecular weight excluding hydrogens is 588 g/mol. The Balaban J connectivity index is 1.21. The molecule has 2 unspecified atom stereocenters. The summed E-state index contributed by atoms with van der Waals surface area (Å²) in [6.45, 7) is 9.12. The van der Waals surface area contributed by atoms with Gasteiger partial charge in [0.05, 0.1) is 17.6 Å². The minimum atomic E-state index is -3.71. The van der Waals surface area contributed by atoms with Crippen LogP contribution in [0, 0.1) is 17.8 Å². The second kappa shape index (κ2) is 10.6. The summed E-state index contributed by atoms with van der Waals surface area (Å²) < 4.78 is 44.9. The van der Waals surface area contributed by atoms with Crippen LogP contribution in [0.5, 0.6) is 11.5 Å². The van der Waals surface area contributed by atoms with E-state index >= 15 is 0 Å². The van der Waals surface area contributed by atoms with E-state index in [0.29, 0.717) is 35.0 Å². The molecule has 1 saturated carbocycles. The Morgan fingerprint density at radius 3 is 2.51 bits per heavy atom. The molecule has 0 spiro atoms. The molecule has 2 bridgehead atoms. The Morgan fingerprint density at radius 1 is 1.07 bits per heavy atom. The minimum Gasteiger partial charge on any atom is -0.465 e. The molecule has 1 saturated heterocycles. The van der Waals surface area contributed by atoms with Crippen molar-refractivity contribution in [2.75, 3.05) is 25.8 Å². The molecule has 11 heteroatoms. The van der Waals surface area contributed by atoms with Gasteiger partial charge in [-0.2, -0.15) is 4.31 Å². The fourth-order valence-electron chi connectivity index (χ4n) is 7.18. The maximum atomic E-state index is 13.7. The van der Waals surface area contributed by atoms with Crippen LogP contribution >= 0.6 is 11.3 Å². The summed E-state index contributed by atoms with van der Waals surface area (Å²) in [5.74, 6) is 0.367. The van der Waals surface area contributed by atoms with Gasteiger partial charge in [-0.25, -0.2) is 13.2 Å². The number of amides is 1. The van der Waals surface area contributed by atoms with Crippen LogP contribution in [0.15, 0.2) is 47.4 Å². The third-order valence-electron chi connectivity index (χ3n) is 8.75. The van der Waals surface area contributed by atoms with E-state index in [1.165, 1.54) is 42.7 Å². The standard InChI is InChI=1S/C32H36N2O7S2/c1-19-26(13-20-6-11-24-25(12-20)41-18-40-24)42-29(27(19)30(36)39-5)33-28(35)21-7-9-23(10-8-21)43(37,38)34-17-32(4)15-22(34)14-31(2,3)16-32/h6-12,22H,13-18H2,1-5H3,(H,33,35). The van der Waals surface area contributed by atoms with Crippen LogP contribution in [-0.2, 0) is 21.2 Å². The first-order valence-electron chi connectivity index (χ1n) is 14.3. The number of nitrogens with zero attached hydrogens (tertiary/aromatic N) is 1. The lowest BCUT2D eigenvalue weighted by atomic mass is 9.65. The molecule has 1 aromatic heterocycles. The van der Waals surface area contributed by atoms with E-state index < -0.39 is 21.9 Å². The highest BCUT2D eigenvalue weighted by atomic mass is 32.2. The van der Waals surface area contributed by atoms with Gasteiger partial charge in [0.1, 0.15) is 5.00 Å². The number of esters is 1. The van der Waals surface area contributed by atoms with Gasteiger partial charge in [0.15, 0.2) is 11.5 Å².